The van der Waals surface area contributed by atoms with Crippen molar-refractivity contribution in [1.29, 1.82) is 0 Å². The molecule has 0 bridgehead atoms. The molecule has 0 saturated heterocycles. The number of rotatable bonds is 5. The van der Waals surface area contributed by atoms with Gasteiger partial charge in [0.2, 0.25) is 5.91 Å². The molecule has 0 radical (unpaired) electrons. The van der Waals surface area contributed by atoms with E-state index in [1.54, 1.807) is 6.07 Å². The molecule has 0 aliphatic rings. The van der Waals surface area contributed by atoms with Crippen LogP contribution in [0.3, 0.4) is 0 Å². The number of non-ortho nitro benzene ring substituents is 1. The van der Waals surface area contributed by atoms with E-state index >= 15 is 0 Å². The molecule has 0 unspecified atom stereocenters. The number of carbonyl (C=O) groups excluding carboxylic acids is 1. The molecule has 2 aromatic heterocycles. The fraction of sp³-hybridized carbons (Fsp3) is 0.0714. The van der Waals surface area contributed by atoms with Crippen LogP contribution >= 0.6 is 35.0 Å². The topological polar surface area (TPSA) is 114 Å². The second-order valence-corrected chi connectivity index (χ2v) is 6.63. The number of amides is 1. The van der Waals surface area contributed by atoms with Gasteiger partial charge >= 0.3 is 0 Å². The van der Waals surface area contributed by atoms with Gasteiger partial charge < -0.3 is 10.3 Å². The number of thioether (sulfide) groups is 1. The summed E-state index contributed by atoms with van der Waals surface area (Å²) in [6.45, 7) is 0. The van der Waals surface area contributed by atoms with Crippen LogP contribution in [-0.2, 0) is 4.79 Å². The molecule has 0 saturated carbocycles. The van der Waals surface area contributed by atoms with E-state index in [4.69, 9.17) is 23.2 Å². The Balaban J connectivity index is 1.65. The highest BCUT2D eigenvalue weighted by Gasteiger charge is 2.12. The van der Waals surface area contributed by atoms with Gasteiger partial charge in [0.15, 0.2) is 11.0 Å². The maximum atomic E-state index is 12.0. The van der Waals surface area contributed by atoms with Gasteiger partial charge in [-0.25, -0.2) is 9.97 Å². The normalized spacial score (nSPS) is 10.8. The van der Waals surface area contributed by atoms with Crippen LogP contribution in [0.2, 0.25) is 10.0 Å². The minimum absolute atomic E-state index is 0.0334. The van der Waals surface area contributed by atoms with E-state index in [9.17, 15) is 14.9 Å². The first-order valence-electron chi connectivity index (χ1n) is 6.80. The molecule has 0 fully saturated rings. The maximum Gasteiger partial charge on any atom is 0.271 e. The fourth-order valence-corrected chi connectivity index (χ4v) is 3.08. The average Bonchev–Trinajstić information content (AvgIpc) is 2.97. The third-order valence-electron chi connectivity index (χ3n) is 3.06. The largest absolute Gasteiger partial charge is 0.333 e. The second-order valence-electron chi connectivity index (χ2n) is 4.82. The minimum atomic E-state index is -0.483. The highest BCUT2D eigenvalue weighted by Crippen LogP contribution is 2.25. The van der Waals surface area contributed by atoms with Gasteiger partial charge in [0.05, 0.1) is 31.8 Å². The van der Waals surface area contributed by atoms with E-state index in [2.05, 4.69) is 20.3 Å². The summed E-state index contributed by atoms with van der Waals surface area (Å²) in [6.07, 6.45) is 1.38. The molecule has 2 N–H and O–H groups in total. The Bertz CT molecular complexity index is 978. The lowest BCUT2D eigenvalue weighted by Crippen LogP contribution is -2.15. The zero-order valence-corrected chi connectivity index (χ0v) is 14.7. The SMILES string of the molecule is O=C(CSc1nc2ccc([N+](=O)[O-])cc2[nH]1)Nc1ncc(Cl)cc1Cl. The minimum Gasteiger partial charge on any atom is -0.333 e. The van der Waals surface area contributed by atoms with Gasteiger partial charge in [0.1, 0.15) is 0 Å². The van der Waals surface area contributed by atoms with E-state index in [1.807, 2.05) is 0 Å². The van der Waals surface area contributed by atoms with Crippen LogP contribution in [0.4, 0.5) is 11.5 Å². The summed E-state index contributed by atoms with van der Waals surface area (Å²) in [5.74, 6) is -0.0483. The van der Waals surface area contributed by atoms with E-state index in [0.717, 1.165) is 11.8 Å². The van der Waals surface area contributed by atoms with Crippen LogP contribution < -0.4 is 5.32 Å². The molecule has 25 heavy (non-hydrogen) atoms. The molecule has 0 aliphatic heterocycles. The number of hydrogen-bond donors (Lipinski definition) is 2. The van der Waals surface area contributed by atoms with E-state index in [1.165, 1.54) is 24.4 Å². The summed E-state index contributed by atoms with van der Waals surface area (Å²) >= 11 is 12.8. The lowest BCUT2D eigenvalue weighted by Gasteiger charge is -2.05. The summed E-state index contributed by atoms with van der Waals surface area (Å²) in [6, 6.07) is 5.79. The molecule has 3 rings (SSSR count). The Morgan fingerprint density at radius 2 is 2.16 bits per heavy atom. The first-order chi connectivity index (χ1) is 11.9. The van der Waals surface area contributed by atoms with Crippen molar-refractivity contribution in [2.45, 2.75) is 5.16 Å². The van der Waals surface area contributed by atoms with Crippen molar-refractivity contribution in [3.63, 3.8) is 0 Å². The van der Waals surface area contributed by atoms with Crippen molar-refractivity contribution in [3.05, 3.63) is 50.6 Å². The number of nitrogens with one attached hydrogen (secondary N) is 2. The highest BCUT2D eigenvalue weighted by molar-refractivity contribution is 7.99. The van der Waals surface area contributed by atoms with Crippen LogP contribution in [0.5, 0.6) is 0 Å². The Morgan fingerprint density at radius 1 is 1.36 bits per heavy atom. The summed E-state index contributed by atoms with van der Waals surface area (Å²) in [5, 5.41) is 14.4. The molecule has 2 heterocycles. The molecule has 11 heteroatoms. The number of fused-ring (bicyclic) bond motifs is 1. The second kappa shape index (κ2) is 7.26. The number of anilines is 1. The molecular formula is C14H9Cl2N5O3S. The van der Waals surface area contributed by atoms with Crippen molar-refractivity contribution in [2.75, 3.05) is 11.1 Å². The number of nitro benzene ring substituents is 1. The first-order valence-corrected chi connectivity index (χ1v) is 8.54. The number of carbonyl (C=O) groups is 1. The van der Waals surface area contributed by atoms with Gasteiger partial charge in [0.25, 0.3) is 5.69 Å². The molecule has 3 aromatic rings. The van der Waals surface area contributed by atoms with E-state index in [0.29, 0.717) is 21.2 Å². The number of nitrogens with zero attached hydrogens (tertiary/aromatic N) is 3. The van der Waals surface area contributed by atoms with Gasteiger partial charge in [-0.15, -0.1) is 0 Å². The van der Waals surface area contributed by atoms with Crippen LogP contribution in [0, 0.1) is 10.1 Å². The molecule has 8 nitrogen and oxygen atoms in total. The average molecular weight is 398 g/mol. The van der Waals surface area contributed by atoms with Gasteiger partial charge in [0, 0.05) is 18.3 Å². The lowest BCUT2D eigenvalue weighted by atomic mass is 10.3. The van der Waals surface area contributed by atoms with Crippen LogP contribution in [0.1, 0.15) is 0 Å². The Labute approximate surface area is 155 Å². The van der Waals surface area contributed by atoms with Crippen molar-refractivity contribution in [1.82, 2.24) is 15.0 Å². The Kier molecular flexibility index (Phi) is 5.07. The number of benzene rings is 1. The molecule has 1 aromatic carbocycles. The quantitative estimate of drug-likeness (QED) is 0.383. The van der Waals surface area contributed by atoms with Crippen molar-refractivity contribution in [3.8, 4) is 0 Å². The van der Waals surface area contributed by atoms with Gasteiger partial charge in [-0.2, -0.15) is 0 Å². The standard InChI is InChI=1S/C14H9Cl2N5O3S/c15-7-3-9(16)13(17-5-7)20-12(22)6-25-14-18-10-2-1-8(21(23)24)4-11(10)19-14/h1-5H,6H2,(H,18,19)(H,17,20,22). The van der Waals surface area contributed by atoms with E-state index in [-0.39, 0.29) is 28.2 Å². The molecular weight excluding hydrogens is 389 g/mol. The van der Waals surface area contributed by atoms with Crippen LogP contribution in [0.25, 0.3) is 11.0 Å². The number of H-pyrrole nitrogens is 1. The molecule has 1 amide bonds. The number of imidazole rings is 1. The van der Waals surface area contributed by atoms with Crippen molar-refractivity contribution >= 4 is 63.4 Å². The van der Waals surface area contributed by atoms with Gasteiger partial charge in [-0.3, -0.25) is 14.9 Å². The summed E-state index contributed by atoms with van der Waals surface area (Å²) in [5.41, 5.74) is 1.07. The number of aromatic amines is 1. The van der Waals surface area contributed by atoms with Crippen LogP contribution in [0.15, 0.2) is 35.6 Å². The maximum absolute atomic E-state index is 12.0. The van der Waals surface area contributed by atoms with Gasteiger partial charge in [-0.05, 0) is 12.1 Å². The first kappa shape index (κ1) is 17.5. The number of nitro groups is 1. The Hall–Kier alpha value is -2.36. The monoisotopic (exact) mass is 397 g/mol. The number of pyridine rings is 1. The summed E-state index contributed by atoms with van der Waals surface area (Å²) in [7, 11) is 0. The predicted octanol–water partition coefficient (Wildman–Crippen LogP) is 3.90. The molecule has 0 atom stereocenters. The third kappa shape index (κ3) is 4.19. The number of halogens is 2. The molecule has 0 aliphatic carbocycles. The zero-order valence-electron chi connectivity index (χ0n) is 12.3. The molecule has 128 valence electrons. The van der Waals surface area contributed by atoms with E-state index < -0.39 is 4.92 Å². The Morgan fingerprint density at radius 3 is 2.88 bits per heavy atom. The lowest BCUT2D eigenvalue weighted by molar-refractivity contribution is -0.384. The number of hydrogen-bond acceptors (Lipinski definition) is 6. The summed E-state index contributed by atoms with van der Waals surface area (Å²) < 4.78 is 0. The smallest absolute Gasteiger partial charge is 0.271 e. The van der Waals surface area contributed by atoms with Crippen LogP contribution in [-0.4, -0.2) is 31.5 Å². The van der Waals surface area contributed by atoms with Gasteiger partial charge in [-0.1, -0.05) is 35.0 Å². The summed E-state index contributed by atoms with van der Waals surface area (Å²) in [4.78, 5) is 33.4. The number of aromatic nitrogens is 3. The third-order valence-corrected chi connectivity index (χ3v) is 4.43. The van der Waals surface area contributed by atoms with Crippen molar-refractivity contribution < 1.29 is 9.72 Å². The predicted molar refractivity (Wildman–Crippen MR) is 96.4 cm³/mol. The molecule has 0 spiro atoms. The van der Waals surface area contributed by atoms with Crippen molar-refractivity contribution in [2.24, 2.45) is 0 Å². The zero-order chi connectivity index (χ0) is 18.0. The fourth-order valence-electron chi connectivity index (χ4n) is 1.96. The highest BCUT2D eigenvalue weighted by atomic mass is 35.5.